The van der Waals surface area contributed by atoms with E-state index < -0.39 is 6.04 Å². The van der Waals surface area contributed by atoms with Crippen molar-refractivity contribution in [3.63, 3.8) is 0 Å². The van der Waals surface area contributed by atoms with Crippen LogP contribution in [0.15, 0.2) is 46.9 Å². The first kappa shape index (κ1) is 14.0. The van der Waals surface area contributed by atoms with E-state index in [9.17, 15) is 4.39 Å². The molecule has 0 spiro atoms. The monoisotopic (exact) mass is 323 g/mol. The van der Waals surface area contributed by atoms with Gasteiger partial charge in [0.15, 0.2) is 0 Å². The minimum atomic E-state index is -0.407. The molecule has 0 fully saturated rings. The average molecular weight is 324 g/mol. The SMILES string of the molecule is C[C@@H](N)c1c(F)cccc1OCc1ccccc1Br. The molecule has 0 saturated heterocycles. The smallest absolute Gasteiger partial charge is 0.131 e. The van der Waals surface area contributed by atoms with Crippen LogP contribution < -0.4 is 10.5 Å². The van der Waals surface area contributed by atoms with Crippen LogP contribution in [-0.2, 0) is 6.61 Å². The van der Waals surface area contributed by atoms with Crippen LogP contribution >= 0.6 is 15.9 Å². The molecule has 0 unspecified atom stereocenters. The first-order chi connectivity index (χ1) is 9.09. The number of rotatable bonds is 4. The van der Waals surface area contributed by atoms with Gasteiger partial charge in [0, 0.05) is 21.6 Å². The number of ether oxygens (including phenoxy) is 1. The van der Waals surface area contributed by atoms with Gasteiger partial charge in [0.2, 0.25) is 0 Å². The van der Waals surface area contributed by atoms with E-state index in [0.29, 0.717) is 17.9 Å². The van der Waals surface area contributed by atoms with Crippen LogP contribution in [-0.4, -0.2) is 0 Å². The minimum Gasteiger partial charge on any atom is -0.488 e. The van der Waals surface area contributed by atoms with Gasteiger partial charge in [-0.15, -0.1) is 0 Å². The van der Waals surface area contributed by atoms with Crippen molar-refractivity contribution in [1.82, 2.24) is 0 Å². The third-order valence-corrected chi connectivity index (χ3v) is 3.58. The summed E-state index contributed by atoms with van der Waals surface area (Å²) in [4.78, 5) is 0. The van der Waals surface area contributed by atoms with Crippen molar-refractivity contribution >= 4 is 15.9 Å². The topological polar surface area (TPSA) is 35.2 Å². The molecule has 2 rings (SSSR count). The standard InChI is InChI=1S/C15H15BrFNO/c1-10(18)15-13(17)7-4-8-14(15)19-9-11-5-2-3-6-12(11)16/h2-8,10H,9,18H2,1H3/t10-/m1/s1. The fourth-order valence-corrected chi connectivity index (χ4v) is 2.26. The van der Waals surface area contributed by atoms with E-state index in [1.165, 1.54) is 6.07 Å². The molecule has 0 aliphatic carbocycles. The average Bonchev–Trinajstić information content (AvgIpc) is 2.37. The van der Waals surface area contributed by atoms with Gasteiger partial charge in [0.25, 0.3) is 0 Å². The van der Waals surface area contributed by atoms with Crippen molar-refractivity contribution in [1.29, 1.82) is 0 Å². The van der Waals surface area contributed by atoms with Gasteiger partial charge in [-0.25, -0.2) is 4.39 Å². The Kier molecular flexibility index (Phi) is 4.56. The van der Waals surface area contributed by atoms with Crippen molar-refractivity contribution in [2.24, 2.45) is 5.73 Å². The zero-order valence-electron chi connectivity index (χ0n) is 10.6. The van der Waals surface area contributed by atoms with Crippen LogP contribution in [0.3, 0.4) is 0 Å². The van der Waals surface area contributed by atoms with Gasteiger partial charge in [-0.1, -0.05) is 40.2 Å². The van der Waals surface area contributed by atoms with Crippen LogP contribution in [0.2, 0.25) is 0 Å². The molecule has 2 aromatic rings. The lowest BCUT2D eigenvalue weighted by Gasteiger charge is -2.15. The predicted octanol–water partition coefficient (Wildman–Crippen LogP) is 4.19. The highest BCUT2D eigenvalue weighted by atomic mass is 79.9. The fraction of sp³-hybridized carbons (Fsp3) is 0.200. The Hall–Kier alpha value is -1.39. The van der Waals surface area contributed by atoms with Crippen LogP contribution in [0.1, 0.15) is 24.1 Å². The summed E-state index contributed by atoms with van der Waals surface area (Å²) in [6.07, 6.45) is 0. The molecule has 0 aromatic heterocycles. The lowest BCUT2D eigenvalue weighted by atomic mass is 10.1. The number of hydrogen-bond donors (Lipinski definition) is 1. The molecule has 19 heavy (non-hydrogen) atoms. The quantitative estimate of drug-likeness (QED) is 0.915. The van der Waals surface area contributed by atoms with Gasteiger partial charge in [-0.2, -0.15) is 0 Å². The third kappa shape index (κ3) is 3.33. The molecule has 100 valence electrons. The Bertz CT molecular complexity index is 572. The Morgan fingerprint density at radius 1 is 1.21 bits per heavy atom. The summed E-state index contributed by atoms with van der Waals surface area (Å²) in [6, 6.07) is 12.1. The summed E-state index contributed by atoms with van der Waals surface area (Å²) in [6.45, 7) is 2.11. The molecule has 2 nitrogen and oxygen atoms in total. The Labute approximate surface area is 120 Å². The van der Waals surface area contributed by atoms with Crippen molar-refractivity contribution in [3.8, 4) is 5.75 Å². The summed E-state index contributed by atoms with van der Waals surface area (Å²) in [7, 11) is 0. The van der Waals surface area contributed by atoms with Crippen molar-refractivity contribution in [3.05, 3.63) is 63.9 Å². The van der Waals surface area contributed by atoms with E-state index in [1.54, 1.807) is 19.1 Å². The van der Waals surface area contributed by atoms with E-state index in [4.69, 9.17) is 10.5 Å². The Balaban J connectivity index is 2.21. The molecular weight excluding hydrogens is 309 g/mol. The number of hydrogen-bond acceptors (Lipinski definition) is 2. The summed E-state index contributed by atoms with van der Waals surface area (Å²) >= 11 is 3.45. The maximum absolute atomic E-state index is 13.7. The molecule has 2 N–H and O–H groups in total. The maximum atomic E-state index is 13.7. The summed E-state index contributed by atoms with van der Waals surface area (Å²) < 4.78 is 20.4. The lowest BCUT2D eigenvalue weighted by Crippen LogP contribution is -2.10. The predicted molar refractivity (Wildman–Crippen MR) is 77.5 cm³/mol. The molecular formula is C15H15BrFNO. The normalized spacial score (nSPS) is 12.2. The van der Waals surface area contributed by atoms with Gasteiger partial charge in [0.1, 0.15) is 18.2 Å². The van der Waals surface area contributed by atoms with Crippen LogP contribution in [0.5, 0.6) is 5.75 Å². The molecule has 0 aliphatic heterocycles. The zero-order valence-corrected chi connectivity index (χ0v) is 12.2. The van der Waals surface area contributed by atoms with E-state index in [0.717, 1.165) is 10.0 Å². The molecule has 0 saturated carbocycles. The second-order valence-electron chi connectivity index (χ2n) is 4.32. The molecule has 0 bridgehead atoms. The highest BCUT2D eigenvalue weighted by Crippen LogP contribution is 2.28. The fourth-order valence-electron chi connectivity index (χ4n) is 1.86. The van der Waals surface area contributed by atoms with E-state index in [2.05, 4.69) is 15.9 Å². The van der Waals surface area contributed by atoms with E-state index in [-0.39, 0.29) is 5.82 Å². The maximum Gasteiger partial charge on any atom is 0.131 e. The summed E-state index contributed by atoms with van der Waals surface area (Å²) in [5, 5.41) is 0. The van der Waals surface area contributed by atoms with Crippen molar-refractivity contribution in [2.45, 2.75) is 19.6 Å². The van der Waals surface area contributed by atoms with Gasteiger partial charge in [-0.05, 0) is 25.1 Å². The highest BCUT2D eigenvalue weighted by molar-refractivity contribution is 9.10. The van der Waals surface area contributed by atoms with Gasteiger partial charge in [-0.3, -0.25) is 0 Å². The molecule has 0 heterocycles. The number of halogens is 2. The van der Waals surface area contributed by atoms with Crippen LogP contribution in [0.25, 0.3) is 0 Å². The van der Waals surface area contributed by atoms with Crippen LogP contribution in [0.4, 0.5) is 4.39 Å². The summed E-state index contributed by atoms with van der Waals surface area (Å²) in [5.41, 5.74) is 7.20. The molecule has 2 aromatic carbocycles. The van der Waals surface area contributed by atoms with Crippen molar-refractivity contribution < 1.29 is 9.13 Å². The Morgan fingerprint density at radius 2 is 1.95 bits per heavy atom. The lowest BCUT2D eigenvalue weighted by molar-refractivity contribution is 0.298. The first-order valence-electron chi connectivity index (χ1n) is 6.00. The second kappa shape index (κ2) is 6.17. The van der Waals surface area contributed by atoms with Gasteiger partial charge >= 0.3 is 0 Å². The number of nitrogens with two attached hydrogens (primary N) is 1. The zero-order chi connectivity index (χ0) is 13.8. The molecule has 0 radical (unpaired) electrons. The van der Waals surface area contributed by atoms with Gasteiger partial charge < -0.3 is 10.5 Å². The first-order valence-corrected chi connectivity index (χ1v) is 6.79. The molecule has 4 heteroatoms. The number of benzene rings is 2. The second-order valence-corrected chi connectivity index (χ2v) is 5.17. The Morgan fingerprint density at radius 3 is 2.63 bits per heavy atom. The molecule has 0 amide bonds. The minimum absolute atomic E-state index is 0.334. The largest absolute Gasteiger partial charge is 0.488 e. The third-order valence-electron chi connectivity index (χ3n) is 2.81. The van der Waals surface area contributed by atoms with Gasteiger partial charge in [0.05, 0.1) is 0 Å². The van der Waals surface area contributed by atoms with E-state index in [1.807, 2.05) is 24.3 Å². The van der Waals surface area contributed by atoms with Crippen LogP contribution in [0, 0.1) is 5.82 Å². The molecule has 0 aliphatic rings. The van der Waals surface area contributed by atoms with E-state index >= 15 is 0 Å². The summed E-state index contributed by atoms with van der Waals surface area (Å²) in [5.74, 6) is 0.158. The molecule has 1 atom stereocenters. The highest BCUT2D eigenvalue weighted by Gasteiger charge is 2.13. The van der Waals surface area contributed by atoms with Crippen molar-refractivity contribution in [2.75, 3.05) is 0 Å².